The minimum atomic E-state index is -0.0262. The van der Waals surface area contributed by atoms with Crippen LogP contribution in [-0.4, -0.2) is 33.3 Å². The van der Waals surface area contributed by atoms with Crippen molar-refractivity contribution in [1.82, 2.24) is 20.1 Å². The number of hydrogen-bond acceptors (Lipinski definition) is 4. The number of rotatable bonds is 6. The van der Waals surface area contributed by atoms with E-state index in [2.05, 4.69) is 34.6 Å². The number of carbonyl (C=O) groups is 1. The highest BCUT2D eigenvalue weighted by atomic mass is 16.1. The molecule has 0 saturated carbocycles. The quantitative estimate of drug-likeness (QED) is 0.693. The van der Waals surface area contributed by atoms with Gasteiger partial charge in [-0.25, -0.2) is 4.68 Å². The molecule has 0 bridgehead atoms. The van der Waals surface area contributed by atoms with Crippen molar-refractivity contribution in [3.8, 4) is 0 Å². The van der Waals surface area contributed by atoms with E-state index in [1.807, 2.05) is 0 Å². The van der Waals surface area contributed by atoms with Crippen LogP contribution in [0.5, 0.6) is 0 Å². The summed E-state index contributed by atoms with van der Waals surface area (Å²) in [6.45, 7) is 5.02. The number of nitrogens with one attached hydrogen (secondary N) is 2. The van der Waals surface area contributed by atoms with Crippen molar-refractivity contribution in [3.05, 3.63) is 6.33 Å². The Morgan fingerprint density at radius 3 is 2.88 bits per heavy atom. The maximum Gasteiger partial charge on any atom is 0.227 e. The summed E-state index contributed by atoms with van der Waals surface area (Å²) in [4.78, 5) is 15.4. The predicted octanol–water partition coefficient (Wildman–Crippen LogP) is 0.532. The average molecular weight is 225 g/mol. The summed E-state index contributed by atoms with van der Waals surface area (Å²) in [5, 5.41) is 9.83. The van der Waals surface area contributed by atoms with Gasteiger partial charge in [0.25, 0.3) is 0 Å². The van der Waals surface area contributed by atoms with Crippen LogP contribution in [0.25, 0.3) is 0 Å². The van der Waals surface area contributed by atoms with Crippen LogP contribution in [-0.2, 0) is 11.8 Å². The van der Waals surface area contributed by atoms with Gasteiger partial charge < -0.3 is 5.32 Å². The zero-order chi connectivity index (χ0) is 12.0. The fourth-order valence-corrected chi connectivity index (χ4v) is 1.24. The third kappa shape index (κ3) is 4.39. The fraction of sp³-hybridized carbons (Fsp3) is 0.700. The fourth-order valence-electron chi connectivity index (χ4n) is 1.24. The summed E-state index contributed by atoms with van der Waals surface area (Å²) in [5.74, 6) is 0.462. The van der Waals surface area contributed by atoms with Crippen molar-refractivity contribution in [2.75, 3.05) is 11.9 Å². The van der Waals surface area contributed by atoms with Gasteiger partial charge >= 0.3 is 0 Å². The molecule has 6 heteroatoms. The Morgan fingerprint density at radius 2 is 2.31 bits per heavy atom. The van der Waals surface area contributed by atoms with Crippen LogP contribution in [0.1, 0.15) is 26.7 Å². The van der Waals surface area contributed by atoms with Crippen LogP contribution in [0, 0.1) is 0 Å². The molecule has 1 aromatic rings. The molecule has 0 aliphatic carbocycles. The van der Waals surface area contributed by atoms with Gasteiger partial charge in [-0.1, -0.05) is 13.8 Å². The van der Waals surface area contributed by atoms with E-state index in [0.717, 1.165) is 13.0 Å². The maximum absolute atomic E-state index is 11.5. The predicted molar refractivity (Wildman–Crippen MR) is 62.0 cm³/mol. The van der Waals surface area contributed by atoms with Gasteiger partial charge in [0.2, 0.25) is 11.9 Å². The first-order valence-electron chi connectivity index (χ1n) is 5.47. The van der Waals surface area contributed by atoms with Gasteiger partial charge in [0.1, 0.15) is 6.33 Å². The molecule has 0 fully saturated rings. The summed E-state index contributed by atoms with van der Waals surface area (Å²) in [6.07, 6.45) is 2.73. The van der Waals surface area contributed by atoms with Gasteiger partial charge in [0.05, 0.1) is 0 Å². The summed E-state index contributed by atoms with van der Waals surface area (Å²) < 4.78 is 1.53. The van der Waals surface area contributed by atoms with Crippen LogP contribution in [0.2, 0.25) is 0 Å². The highest BCUT2D eigenvalue weighted by Crippen LogP contribution is 1.99. The Morgan fingerprint density at radius 1 is 1.56 bits per heavy atom. The second-order valence-corrected chi connectivity index (χ2v) is 3.97. The molecule has 90 valence electrons. The molecule has 0 aliphatic heterocycles. The lowest BCUT2D eigenvalue weighted by Gasteiger charge is -2.07. The van der Waals surface area contributed by atoms with Crippen LogP contribution in [0.15, 0.2) is 6.33 Å². The molecule has 6 nitrogen and oxygen atoms in total. The van der Waals surface area contributed by atoms with Gasteiger partial charge in [-0.2, -0.15) is 10.1 Å². The molecule has 0 atom stereocenters. The topological polar surface area (TPSA) is 71.8 Å². The Hall–Kier alpha value is -1.43. The lowest BCUT2D eigenvalue weighted by molar-refractivity contribution is -0.116. The highest BCUT2D eigenvalue weighted by Gasteiger charge is 2.05. The molecule has 16 heavy (non-hydrogen) atoms. The average Bonchev–Trinajstić information content (AvgIpc) is 2.59. The first-order chi connectivity index (χ1) is 7.59. The zero-order valence-electron chi connectivity index (χ0n) is 10.0. The monoisotopic (exact) mass is 225 g/mol. The van der Waals surface area contributed by atoms with E-state index < -0.39 is 0 Å². The Labute approximate surface area is 95.4 Å². The molecule has 1 rings (SSSR count). The lowest BCUT2D eigenvalue weighted by atomic mass is 10.3. The van der Waals surface area contributed by atoms with E-state index in [-0.39, 0.29) is 5.91 Å². The van der Waals surface area contributed by atoms with Crippen LogP contribution < -0.4 is 10.6 Å². The third-order valence-electron chi connectivity index (χ3n) is 2.10. The molecule has 0 saturated heterocycles. The summed E-state index contributed by atoms with van der Waals surface area (Å²) in [6, 6.07) is 0.460. The lowest BCUT2D eigenvalue weighted by Crippen LogP contribution is -2.25. The summed E-state index contributed by atoms with van der Waals surface area (Å²) in [5.41, 5.74) is 0. The van der Waals surface area contributed by atoms with Crippen molar-refractivity contribution in [3.63, 3.8) is 0 Å². The normalized spacial score (nSPS) is 10.8. The number of carbonyl (C=O) groups excluding carboxylic acids is 1. The molecule has 1 aromatic heterocycles. The van der Waals surface area contributed by atoms with Gasteiger partial charge in [0, 0.05) is 19.5 Å². The summed E-state index contributed by atoms with van der Waals surface area (Å²) in [7, 11) is 1.74. The number of anilines is 1. The second kappa shape index (κ2) is 6.22. The van der Waals surface area contributed by atoms with E-state index in [9.17, 15) is 4.79 Å². The van der Waals surface area contributed by atoms with Gasteiger partial charge in [0.15, 0.2) is 0 Å². The van der Waals surface area contributed by atoms with E-state index in [0.29, 0.717) is 18.4 Å². The molecule has 0 unspecified atom stereocenters. The van der Waals surface area contributed by atoms with Crippen LogP contribution >= 0.6 is 0 Å². The standard InChI is InChI=1S/C10H19N5O/c1-8(2)11-6-4-5-9(16)14-10-12-7-13-15(10)3/h7-8,11H,4-6H2,1-3H3,(H,12,13,14,16). The molecular formula is C10H19N5O. The number of amides is 1. The maximum atomic E-state index is 11.5. The molecule has 0 aromatic carbocycles. The molecular weight excluding hydrogens is 206 g/mol. The molecule has 2 N–H and O–H groups in total. The Balaban J connectivity index is 2.19. The third-order valence-corrected chi connectivity index (χ3v) is 2.10. The molecule has 0 spiro atoms. The highest BCUT2D eigenvalue weighted by molar-refractivity contribution is 5.88. The van der Waals surface area contributed by atoms with Crippen molar-refractivity contribution in [2.45, 2.75) is 32.7 Å². The molecule has 1 heterocycles. The van der Waals surface area contributed by atoms with Crippen molar-refractivity contribution >= 4 is 11.9 Å². The van der Waals surface area contributed by atoms with Crippen LogP contribution in [0.3, 0.4) is 0 Å². The van der Waals surface area contributed by atoms with Gasteiger partial charge in [-0.15, -0.1) is 0 Å². The Bertz CT molecular complexity index is 334. The van der Waals surface area contributed by atoms with E-state index in [1.165, 1.54) is 11.0 Å². The SMILES string of the molecule is CC(C)NCCCC(=O)Nc1ncnn1C. The number of aryl methyl sites for hydroxylation is 1. The van der Waals surface area contributed by atoms with E-state index in [1.54, 1.807) is 7.05 Å². The summed E-state index contributed by atoms with van der Waals surface area (Å²) >= 11 is 0. The van der Waals surface area contributed by atoms with Gasteiger partial charge in [-0.3, -0.25) is 10.1 Å². The van der Waals surface area contributed by atoms with E-state index in [4.69, 9.17) is 0 Å². The zero-order valence-corrected chi connectivity index (χ0v) is 10.0. The van der Waals surface area contributed by atoms with Crippen molar-refractivity contribution in [1.29, 1.82) is 0 Å². The molecule has 0 radical (unpaired) electrons. The minimum absolute atomic E-state index is 0.0262. The smallest absolute Gasteiger partial charge is 0.227 e. The largest absolute Gasteiger partial charge is 0.315 e. The van der Waals surface area contributed by atoms with Crippen LogP contribution in [0.4, 0.5) is 5.95 Å². The first kappa shape index (κ1) is 12.6. The minimum Gasteiger partial charge on any atom is -0.315 e. The molecule has 1 amide bonds. The van der Waals surface area contributed by atoms with E-state index >= 15 is 0 Å². The van der Waals surface area contributed by atoms with Crippen molar-refractivity contribution < 1.29 is 4.79 Å². The van der Waals surface area contributed by atoms with Gasteiger partial charge in [-0.05, 0) is 13.0 Å². The first-order valence-corrected chi connectivity index (χ1v) is 5.47. The number of hydrogen-bond donors (Lipinski definition) is 2. The molecule has 0 aliphatic rings. The van der Waals surface area contributed by atoms with Crippen molar-refractivity contribution in [2.24, 2.45) is 7.05 Å². The second-order valence-electron chi connectivity index (χ2n) is 3.97. The Kier molecular flexibility index (Phi) is 4.91. The number of nitrogens with zero attached hydrogens (tertiary/aromatic N) is 3. The number of aromatic nitrogens is 3.